The van der Waals surface area contributed by atoms with E-state index in [0.717, 1.165) is 90.1 Å². The van der Waals surface area contributed by atoms with Crippen LogP contribution >= 0.6 is 0 Å². The number of nitrogens with zero attached hydrogens (tertiary/aromatic N) is 2. The Kier molecular flexibility index (Phi) is 79.3. The van der Waals surface area contributed by atoms with Crippen molar-refractivity contribution in [3.63, 3.8) is 0 Å². The molecule has 0 aliphatic carbocycles. The van der Waals surface area contributed by atoms with Crippen LogP contribution in [0.4, 0.5) is 0 Å². The molecule has 1 unspecified atom stereocenters. The molecule has 0 fully saturated rings. The van der Waals surface area contributed by atoms with Crippen LogP contribution in [-0.2, 0) is 33.4 Å². The van der Waals surface area contributed by atoms with Gasteiger partial charge in [0.05, 0.1) is 19.3 Å². The molecule has 0 aromatic heterocycles. The largest absolute Gasteiger partial charge is 0.467 e. The number of hydrogen-bond donors (Lipinski definition) is 0. The molecule has 0 saturated carbocycles. The normalized spacial score (nSPS) is 11.4. The van der Waals surface area contributed by atoms with Crippen LogP contribution in [0.15, 0.2) is 12.2 Å². The second-order valence-electron chi connectivity index (χ2n) is 21.7. The number of carbonyl (C=O) groups is 4. The van der Waals surface area contributed by atoms with Crippen molar-refractivity contribution in [1.29, 1.82) is 0 Å². The average molecular weight is 1080 g/mol. The van der Waals surface area contributed by atoms with E-state index in [1.165, 1.54) is 205 Å². The number of ether oxygens (including phenoxy) is 3. The second-order valence-corrected chi connectivity index (χ2v) is 21.7. The number of aldehydes is 2. The van der Waals surface area contributed by atoms with Crippen LogP contribution in [0.1, 0.15) is 325 Å². The highest BCUT2D eigenvalue weighted by atomic mass is 16.5. The summed E-state index contributed by atoms with van der Waals surface area (Å²) >= 11 is 0. The van der Waals surface area contributed by atoms with Gasteiger partial charge in [0.1, 0.15) is 12.6 Å². The lowest BCUT2D eigenvalue weighted by Crippen LogP contribution is -2.39. The molecular formula is C67H134N2O7. The van der Waals surface area contributed by atoms with Gasteiger partial charge in [-0.25, -0.2) is 0 Å². The first-order valence-corrected chi connectivity index (χ1v) is 32.9. The summed E-state index contributed by atoms with van der Waals surface area (Å²) in [4.78, 5) is 47.5. The number of rotatable bonds is 57. The fourth-order valence-electron chi connectivity index (χ4n) is 9.40. The highest BCUT2D eigenvalue weighted by molar-refractivity contribution is 5.76. The maximum Gasteiger partial charge on any atom is 0.293 e. The summed E-state index contributed by atoms with van der Waals surface area (Å²) in [5, 5.41) is 0. The Balaban J connectivity index is -0.000000483. The highest BCUT2D eigenvalue weighted by Gasteiger charge is 2.20. The second kappa shape index (κ2) is 75.0. The van der Waals surface area contributed by atoms with Gasteiger partial charge in [0.2, 0.25) is 5.91 Å². The standard InChI is InChI=1S/C23H46N2O4.C18H38O.C18H36.C8H14O2/c1-5-8-9-10-11-12-15-23(27)25(17-14-13-16-24(6-2)7-3)18-22(19-28-4)20-29-21-26;1-4-6-8-10-12-14-16-18(19-3)17-15-13-11-9-7-5-2;1-3-5-7-9-11-13-15-17-18-16-14-12-10-8-6-4-2;9-7-5-3-1-2-4-6-8-10/h21-22H,5-20H2,1-4H3;18H,4-17H2,1-3H3;17-18H,3-16H2,1-2H3;7-8H,1-6H2/b;;18-17-;. The zero-order chi connectivity index (χ0) is 56.9. The van der Waals surface area contributed by atoms with E-state index in [9.17, 15) is 19.2 Å². The third kappa shape index (κ3) is 69.9. The summed E-state index contributed by atoms with van der Waals surface area (Å²) in [6.45, 7) is 21.5. The topological polar surface area (TPSA) is 102 Å². The van der Waals surface area contributed by atoms with E-state index in [2.05, 4.69) is 65.5 Å². The first kappa shape index (κ1) is 80.4. The maximum absolute atomic E-state index is 12.9. The van der Waals surface area contributed by atoms with Crippen LogP contribution in [0, 0.1) is 5.92 Å². The molecule has 0 heterocycles. The van der Waals surface area contributed by atoms with Crippen molar-refractivity contribution < 1.29 is 33.4 Å². The molecule has 0 aromatic rings. The molecule has 454 valence electrons. The summed E-state index contributed by atoms with van der Waals surface area (Å²) in [5.74, 6) is 0.233. The zero-order valence-corrected chi connectivity index (χ0v) is 52.6. The van der Waals surface area contributed by atoms with Crippen LogP contribution in [0.2, 0.25) is 0 Å². The van der Waals surface area contributed by atoms with E-state index in [-0.39, 0.29) is 18.4 Å². The van der Waals surface area contributed by atoms with Crippen LogP contribution in [0.3, 0.4) is 0 Å². The molecule has 1 atom stereocenters. The van der Waals surface area contributed by atoms with Crippen LogP contribution in [-0.4, -0.2) is 101 Å². The number of methoxy groups -OCH3 is 2. The van der Waals surface area contributed by atoms with Crippen molar-refractivity contribution in [3.05, 3.63) is 12.2 Å². The van der Waals surface area contributed by atoms with Gasteiger partial charge in [0, 0.05) is 52.5 Å². The van der Waals surface area contributed by atoms with E-state index in [4.69, 9.17) is 14.2 Å². The molecule has 76 heavy (non-hydrogen) atoms. The molecule has 1 amide bonds. The van der Waals surface area contributed by atoms with Crippen molar-refractivity contribution in [1.82, 2.24) is 9.80 Å². The van der Waals surface area contributed by atoms with Crippen molar-refractivity contribution in [2.24, 2.45) is 5.92 Å². The van der Waals surface area contributed by atoms with Crippen molar-refractivity contribution in [2.45, 2.75) is 331 Å². The lowest BCUT2D eigenvalue weighted by Gasteiger charge is -2.28. The third-order valence-electron chi connectivity index (χ3n) is 14.5. The maximum atomic E-state index is 12.9. The molecular weight excluding hydrogens is 945 g/mol. The van der Waals surface area contributed by atoms with Gasteiger partial charge in [-0.2, -0.15) is 0 Å². The van der Waals surface area contributed by atoms with Crippen LogP contribution in [0.25, 0.3) is 0 Å². The van der Waals surface area contributed by atoms with E-state index in [1.54, 1.807) is 7.11 Å². The molecule has 0 aliphatic heterocycles. The molecule has 9 nitrogen and oxygen atoms in total. The van der Waals surface area contributed by atoms with Crippen molar-refractivity contribution in [2.75, 3.05) is 60.2 Å². The van der Waals surface area contributed by atoms with Gasteiger partial charge in [-0.3, -0.25) is 9.59 Å². The monoisotopic (exact) mass is 1080 g/mol. The first-order chi connectivity index (χ1) is 37.3. The lowest BCUT2D eigenvalue weighted by molar-refractivity contribution is -0.134. The first-order valence-electron chi connectivity index (χ1n) is 32.9. The third-order valence-corrected chi connectivity index (χ3v) is 14.5. The van der Waals surface area contributed by atoms with E-state index >= 15 is 0 Å². The number of allylic oxidation sites excluding steroid dienone is 2. The summed E-state index contributed by atoms with van der Waals surface area (Å²) in [5.41, 5.74) is 0. The molecule has 0 radical (unpaired) electrons. The predicted molar refractivity (Wildman–Crippen MR) is 331 cm³/mol. The number of hydrogen-bond acceptors (Lipinski definition) is 8. The number of amides is 1. The van der Waals surface area contributed by atoms with E-state index in [1.807, 2.05) is 12.0 Å². The summed E-state index contributed by atoms with van der Waals surface area (Å²) in [6.07, 6.45) is 61.3. The molecule has 0 aliphatic rings. The minimum Gasteiger partial charge on any atom is -0.467 e. The van der Waals surface area contributed by atoms with Crippen molar-refractivity contribution >= 4 is 25.0 Å². The Morgan fingerprint density at radius 1 is 0.421 bits per heavy atom. The van der Waals surface area contributed by atoms with Crippen molar-refractivity contribution in [3.8, 4) is 0 Å². The molecule has 0 bridgehead atoms. The number of unbranched alkanes of at least 4 members (excludes halogenated alkanes) is 33. The molecule has 0 aromatic carbocycles. The Hall–Kier alpha value is -2.10. The Morgan fingerprint density at radius 2 is 0.789 bits per heavy atom. The Bertz CT molecular complexity index is 1070. The Morgan fingerprint density at radius 3 is 1.16 bits per heavy atom. The van der Waals surface area contributed by atoms with Gasteiger partial charge in [0.25, 0.3) is 6.47 Å². The quantitative estimate of drug-likeness (QED) is 0.0337. The average Bonchev–Trinajstić information content (AvgIpc) is 3.43. The molecule has 0 saturated heterocycles. The summed E-state index contributed by atoms with van der Waals surface area (Å²) in [7, 11) is 3.53. The minimum atomic E-state index is 0.0153. The fourth-order valence-corrected chi connectivity index (χ4v) is 9.40. The van der Waals surface area contributed by atoms with Gasteiger partial charge in [-0.15, -0.1) is 0 Å². The van der Waals surface area contributed by atoms with E-state index in [0.29, 0.717) is 45.0 Å². The summed E-state index contributed by atoms with van der Waals surface area (Å²) < 4.78 is 15.8. The fraction of sp³-hybridized carbons (Fsp3) is 0.910. The number of carbonyl (C=O) groups excluding carboxylic acids is 4. The summed E-state index contributed by atoms with van der Waals surface area (Å²) in [6, 6.07) is 0. The molecule has 0 N–H and O–H groups in total. The van der Waals surface area contributed by atoms with Gasteiger partial charge >= 0.3 is 0 Å². The minimum absolute atomic E-state index is 0.0153. The molecule has 0 spiro atoms. The highest BCUT2D eigenvalue weighted by Crippen LogP contribution is 2.17. The van der Waals surface area contributed by atoms with Gasteiger partial charge in [-0.05, 0) is 90.3 Å². The van der Waals surface area contributed by atoms with Gasteiger partial charge in [-0.1, -0.05) is 247 Å². The Labute approximate surface area is 475 Å². The molecule has 9 heteroatoms. The SMILES string of the molecule is CCCCCCCC/C=C\CCCCCCCC.CCCCCCCCC(=O)N(CCCCN(CC)CC)CC(COC)COC=O.CCCCCCCCC(CCCCCCCC)OC.O=CCCCCCCC=O. The predicted octanol–water partition coefficient (Wildman–Crippen LogP) is 19.4. The lowest BCUT2D eigenvalue weighted by atomic mass is 10.0. The van der Waals surface area contributed by atoms with E-state index < -0.39 is 0 Å². The van der Waals surface area contributed by atoms with Gasteiger partial charge < -0.3 is 33.6 Å². The zero-order valence-electron chi connectivity index (χ0n) is 52.6. The van der Waals surface area contributed by atoms with Crippen LogP contribution < -0.4 is 0 Å². The van der Waals surface area contributed by atoms with Gasteiger partial charge in [0.15, 0.2) is 0 Å². The smallest absolute Gasteiger partial charge is 0.293 e. The molecule has 0 rings (SSSR count). The van der Waals surface area contributed by atoms with Crippen LogP contribution in [0.5, 0.6) is 0 Å².